The van der Waals surface area contributed by atoms with Crippen molar-refractivity contribution in [3.05, 3.63) is 77.4 Å². The topological polar surface area (TPSA) is 128 Å². The number of carbonyl (C=O) groups is 1. The molecule has 1 amide bonds. The number of hydrogen-bond acceptors (Lipinski definition) is 6. The second kappa shape index (κ2) is 7.46. The Bertz CT molecular complexity index is 999. The molecule has 1 heterocycles. The maximum absolute atomic E-state index is 12.1. The predicted molar refractivity (Wildman–Crippen MR) is 92.5 cm³/mol. The number of amides is 1. The molecule has 9 heteroatoms. The lowest BCUT2D eigenvalue weighted by Crippen LogP contribution is -2.23. The van der Waals surface area contributed by atoms with Gasteiger partial charge in [0.15, 0.2) is 5.82 Å². The number of aromatic nitrogens is 2. The Kier molecular flexibility index (Phi) is 5.10. The van der Waals surface area contributed by atoms with Crippen LogP contribution in [0.15, 0.2) is 64.0 Å². The van der Waals surface area contributed by atoms with Crippen LogP contribution in [-0.4, -0.2) is 24.5 Å². The quantitative estimate of drug-likeness (QED) is 0.670. The van der Waals surface area contributed by atoms with E-state index < -0.39 is 10.0 Å². The van der Waals surface area contributed by atoms with Crippen molar-refractivity contribution >= 4 is 15.9 Å². The molecule has 3 rings (SSSR count). The van der Waals surface area contributed by atoms with E-state index in [0.717, 1.165) is 5.56 Å². The first kappa shape index (κ1) is 17.8. The number of hydrogen-bond donors (Lipinski definition) is 2. The minimum Gasteiger partial charge on any atom is -0.345 e. The van der Waals surface area contributed by atoms with Gasteiger partial charge >= 0.3 is 0 Å². The zero-order valence-corrected chi connectivity index (χ0v) is 14.4. The van der Waals surface area contributed by atoms with Crippen LogP contribution in [0.1, 0.15) is 27.6 Å². The van der Waals surface area contributed by atoms with E-state index in [1.165, 1.54) is 24.3 Å². The Balaban J connectivity index is 1.58. The molecule has 0 saturated heterocycles. The minimum absolute atomic E-state index is 0.0576. The van der Waals surface area contributed by atoms with Gasteiger partial charge in [-0.05, 0) is 29.8 Å². The van der Waals surface area contributed by atoms with Crippen LogP contribution in [0.2, 0.25) is 0 Å². The van der Waals surface area contributed by atoms with Crippen molar-refractivity contribution < 1.29 is 17.7 Å². The molecule has 0 saturated carbocycles. The van der Waals surface area contributed by atoms with Crippen molar-refractivity contribution in [3.8, 4) is 0 Å². The van der Waals surface area contributed by atoms with Gasteiger partial charge in [-0.1, -0.05) is 35.5 Å². The molecule has 26 heavy (non-hydrogen) atoms. The molecule has 3 N–H and O–H groups in total. The molecule has 0 aliphatic rings. The number of nitrogens with two attached hydrogens (primary N) is 1. The molecular weight excluding hydrogens is 356 g/mol. The number of carbonyl (C=O) groups excluding carboxylic acids is 1. The monoisotopic (exact) mass is 372 g/mol. The largest absolute Gasteiger partial charge is 0.345 e. The first-order valence-corrected chi connectivity index (χ1v) is 9.23. The van der Waals surface area contributed by atoms with E-state index in [-0.39, 0.29) is 17.3 Å². The van der Waals surface area contributed by atoms with Gasteiger partial charge in [0.2, 0.25) is 15.9 Å². The molecule has 0 aliphatic carbocycles. The third-order valence-corrected chi connectivity index (χ3v) is 4.49. The van der Waals surface area contributed by atoms with E-state index in [9.17, 15) is 13.2 Å². The first-order valence-electron chi connectivity index (χ1n) is 7.68. The number of rotatable bonds is 6. The molecule has 134 valence electrons. The summed E-state index contributed by atoms with van der Waals surface area (Å²) >= 11 is 0. The summed E-state index contributed by atoms with van der Waals surface area (Å²) in [4.78, 5) is 16.3. The van der Waals surface area contributed by atoms with Gasteiger partial charge < -0.3 is 9.84 Å². The lowest BCUT2D eigenvalue weighted by atomic mass is 10.1. The van der Waals surface area contributed by atoms with Gasteiger partial charge in [0, 0.05) is 5.56 Å². The maximum Gasteiger partial charge on any atom is 0.251 e. The summed E-state index contributed by atoms with van der Waals surface area (Å²) in [5.74, 6) is 0.420. The highest BCUT2D eigenvalue weighted by molar-refractivity contribution is 7.89. The lowest BCUT2D eigenvalue weighted by Gasteiger charge is -2.03. The molecule has 2 aromatic carbocycles. The highest BCUT2D eigenvalue weighted by Gasteiger charge is 2.12. The summed E-state index contributed by atoms with van der Waals surface area (Å²) in [7, 11) is -3.79. The van der Waals surface area contributed by atoms with Gasteiger partial charge in [0.1, 0.15) is 0 Å². The minimum atomic E-state index is -3.79. The van der Waals surface area contributed by atoms with Crippen molar-refractivity contribution in [1.29, 1.82) is 0 Å². The zero-order chi connectivity index (χ0) is 18.6. The van der Waals surface area contributed by atoms with E-state index in [1.807, 2.05) is 30.3 Å². The maximum atomic E-state index is 12.1. The fourth-order valence-corrected chi connectivity index (χ4v) is 2.78. The van der Waals surface area contributed by atoms with Gasteiger partial charge in [0.25, 0.3) is 5.91 Å². The molecular formula is C17H16N4O4S. The normalized spacial score (nSPS) is 11.3. The molecule has 1 aromatic heterocycles. The van der Waals surface area contributed by atoms with Gasteiger partial charge in [-0.15, -0.1) is 0 Å². The van der Waals surface area contributed by atoms with Crippen LogP contribution >= 0.6 is 0 Å². The van der Waals surface area contributed by atoms with Crippen LogP contribution in [-0.2, 0) is 23.0 Å². The Morgan fingerprint density at radius 2 is 1.77 bits per heavy atom. The Hall–Kier alpha value is -3.04. The van der Waals surface area contributed by atoms with Gasteiger partial charge in [-0.25, -0.2) is 13.6 Å². The van der Waals surface area contributed by atoms with E-state index in [0.29, 0.717) is 23.7 Å². The van der Waals surface area contributed by atoms with Crippen molar-refractivity contribution in [2.24, 2.45) is 5.14 Å². The molecule has 0 aliphatic heterocycles. The molecule has 0 spiro atoms. The Labute approximate surface area is 150 Å². The van der Waals surface area contributed by atoms with Crippen LogP contribution in [0.4, 0.5) is 0 Å². The van der Waals surface area contributed by atoms with Crippen LogP contribution in [0.25, 0.3) is 0 Å². The van der Waals surface area contributed by atoms with Crippen molar-refractivity contribution in [3.63, 3.8) is 0 Å². The van der Waals surface area contributed by atoms with Crippen LogP contribution in [0.5, 0.6) is 0 Å². The third kappa shape index (κ3) is 4.52. The average molecular weight is 372 g/mol. The highest BCUT2D eigenvalue weighted by atomic mass is 32.2. The Morgan fingerprint density at radius 3 is 2.42 bits per heavy atom. The summed E-state index contributed by atoms with van der Waals surface area (Å²) in [6.07, 6.45) is 0.511. The fourth-order valence-electron chi connectivity index (χ4n) is 2.26. The first-order chi connectivity index (χ1) is 12.4. The number of nitrogens with zero attached hydrogens (tertiary/aromatic N) is 2. The van der Waals surface area contributed by atoms with Crippen molar-refractivity contribution in [1.82, 2.24) is 15.5 Å². The van der Waals surface area contributed by atoms with E-state index >= 15 is 0 Å². The fraction of sp³-hybridized carbons (Fsp3) is 0.118. The average Bonchev–Trinajstić information content (AvgIpc) is 3.07. The molecule has 8 nitrogen and oxygen atoms in total. The Morgan fingerprint density at radius 1 is 1.08 bits per heavy atom. The number of nitrogens with one attached hydrogen (secondary N) is 1. The standard InChI is InChI=1S/C17H16N4O4S/c18-26(23,24)14-8-6-13(7-9-14)17(22)19-11-15-20-16(25-21-15)10-12-4-2-1-3-5-12/h1-9H,10-11H2,(H,19,22)(H2,18,23,24). The summed E-state index contributed by atoms with van der Waals surface area (Å²) in [6.45, 7) is 0.0913. The lowest BCUT2D eigenvalue weighted by molar-refractivity contribution is 0.0949. The number of sulfonamides is 1. The summed E-state index contributed by atoms with van der Waals surface area (Å²) in [5.41, 5.74) is 1.34. The number of benzene rings is 2. The molecule has 0 fully saturated rings. The third-order valence-electron chi connectivity index (χ3n) is 3.56. The molecule has 0 unspecified atom stereocenters. The second-order valence-corrected chi connectivity index (χ2v) is 7.08. The molecule has 0 bridgehead atoms. The number of primary sulfonamides is 1. The van der Waals surface area contributed by atoms with Gasteiger partial charge in [0.05, 0.1) is 17.9 Å². The molecule has 0 radical (unpaired) electrons. The summed E-state index contributed by atoms with van der Waals surface area (Å²) in [5, 5.41) is 11.5. The zero-order valence-electron chi connectivity index (χ0n) is 13.6. The van der Waals surface area contributed by atoms with E-state index in [2.05, 4.69) is 15.5 Å². The SMILES string of the molecule is NS(=O)(=O)c1ccc(C(=O)NCc2noc(Cc3ccccc3)n2)cc1. The van der Waals surface area contributed by atoms with Crippen molar-refractivity contribution in [2.75, 3.05) is 0 Å². The van der Waals surface area contributed by atoms with E-state index in [1.54, 1.807) is 0 Å². The van der Waals surface area contributed by atoms with Gasteiger partial charge in [-0.3, -0.25) is 4.79 Å². The predicted octanol–water partition coefficient (Wildman–Crippen LogP) is 1.24. The molecule has 0 atom stereocenters. The molecule has 3 aromatic rings. The smallest absolute Gasteiger partial charge is 0.251 e. The van der Waals surface area contributed by atoms with Crippen LogP contribution < -0.4 is 10.5 Å². The van der Waals surface area contributed by atoms with Crippen LogP contribution in [0, 0.1) is 0 Å². The van der Waals surface area contributed by atoms with Crippen molar-refractivity contribution in [2.45, 2.75) is 17.9 Å². The highest BCUT2D eigenvalue weighted by Crippen LogP contribution is 2.10. The second-order valence-electron chi connectivity index (χ2n) is 5.52. The summed E-state index contributed by atoms with van der Waals surface area (Å²) in [6, 6.07) is 15.0. The van der Waals surface area contributed by atoms with E-state index in [4.69, 9.17) is 9.66 Å². The van der Waals surface area contributed by atoms with Gasteiger partial charge in [-0.2, -0.15) is 4.98 Å². The summed E-state index contributed by atoms with van der Waals surface area (Å²) < 4.78 is 27.6. The van der Waals surface area contributed by atoms with Crippen LogP contribution in [0.3, 0.4) is 0 Å².